The van der Waals surface area contributed by atoms with E-state index in [0.717, 1.165) is 17.5 Å². The van der Waals surface area contributed by atoms with Gasteiger partial charge in [0.25, 0.3) is 5.91 Å². The number of amides is 2. The van der Waals surface area contributed by atoms with E-state index in [2.05, 4.69) is 20.6 Å². The van der Waals surface area contributed by atoms with E-state index in [4.69, 9.17) is 5.11 Å². The van der Waals surface area contributed by atoms with Crippen LogP contribution < -0.4 is 10.6 Å². The highest BCUT2D eigenvalue weighted by Crippen LogP contribution is 2.16. The predicted octanol–water partition coefficient (Wildman–Crippen LogP) is 1.45. The maximum atomic E-state index is 11.9. The van der Waals surface area contributed by atoms with Crippen LogP contribution in [0, 0.1) is 0 Å². The summed E-state index contributed by atoms with van der Waals surface area (Å²) in [6, 6.07) is 2.71. The van der Waals surface area contributed by atoms with E-state index < -0.39 is 11.9 Å². The van der Waals surface area contributed by atoms with Crippen LogP contribution in [0.4, 0.5) is 10.9 Å². The average molecular weight is 306 g/mol. The molecular weight excluding hydrogens is 296 g/mol. The fourth-order valence-electron chi connectivity index (χ4n) is 1.36. The van der Waals surface area contributed by atoms with Crippen molar-refractivity contribution in [1.29, 1.82) is 0 Å². The third-order valence-electron chi connectivity index (χ3n) is 2.27. The van der Waals surface area contributed by atoms with Gasteiger partial charge in [-0.1, -0.05) is 0 Å². The summed E-state index contributed by atoms with van der Waals surface area (Å²) in [6.07, 6.45) is 1.14. The average Bonchev–Trinajstić information content (AvgIpc) is 2.87. The van der Waals surface area contributed by atoms with E-state index in [1.807, 2.05) is 0 Å². The van der Waals surface area contributed by atoms with Gasteiger partial charge in [-0.3, -0.25) is 9.59 Å². The maximum absolute atomic E-state index is 11.9. The number of carboxylic acids is 1. The number of carboxylic acid groups (broad SMARTS) is 1. The maximum Gasteiger partial charge on any atom is 0.337 e. The zero-order chi connectivity index (χ0) is 15.4. The van der Waals surface area contributed by atoms with Crippen molar-refractivity contribution in [2.45, 2.75) is 6.92 Å². The second-order valence-electron chi connectivity index (χ2n) is 3.91. The minimum atomic E-state index is -1.10. The van der Waals surface area contributed by atoms with Crippen molar-refractivity contribution in [3.05, 3.63) is 35.0 Å². The van der Waals surface area contributed by atoms with Gasteiger partial charge >= 0.3 is 5.97 Å². The monoisotopic (exact) mass is 306 g/mol. The SMILES string of the molecule is CC(=O)Nc1nc(C(=O)Nc2ccc(C(=O)O)cn2)cs1. The minimum Gasteiger partial charge on any atom is -0.478 e. The van der Waals surface area contributed by atoms with E-state index in [9.17, 15) is 14.4 Å². The summed E-state index contributed by atoms with van der Waals surface area (Å²) < 4.78 is 0. The number of carbonyl (C=O) groups excluding carboxylic acids is 2. The third kappa shape index (κ3) is 3.83. The highest BCUT2D eigenvalue weighted by molar-refractivity contribution is 7.14. The Kier molecular flexibility index (Phi) is 4.24. The van der Waals surface area contributed by atoms with Gasteiger partial charge in [0.05, 0.1) is 5.56 Å². The zero-order valence-electron chi connectivity index (χ0n) is 10.8. The lowest BCUT2D eigenvalue weighted by molar-refractivity contribution is -0.114. The molecule has 0 saturated heterocycles. The number of rotatable bonds is 4. The number of nitrogens with zero attached hydrogens (tertiary/aromatic N) is 2. The normalized spacial score (nSPS) is 9.95. The summed E-state index contributed by atoms with van der Waals surface area (Å²) in [5, 5.41) is 15.5. The number of pyridine rings is 1. The molecule has 0 fully saturated rings. The summed E-state index contributed by atoms with van der Waals surface area (Å²) in [5.74, 6) is -1.67. The van der Waals surface area contributed by atoms with Crippen molar-refractivity contribution in [1.82, 2.24) is 9.97 Å². The third-order valence-corrected chi connectivity index (χ3v) is 3.03. The second kappa shape index (κ2) is 6.09. The molecule has 108 valence electrons. The Hall–Kier alpha value is -2.81. The fourth-order valence-corrected chi connectivity index (χ4v) is 2.10. The molecule has 2 heterocycles. The van der Waals surface area contributed by atoms with Gasteiger partial charge < -0.3 is 15.7 Å². The first-order chi connectivity index (χ1) is 9.95. The van der Waals surface area contributed by atoms with Crippen molar-refractivity contribution in [3.8, 4) is 0 Å². The Balaban J connectivity index is 2.05. The Bertz CT molecular complexity index is 696. The molecule has 2 aromatic heterocycles. The number of nitrogens with one attached hydrogen (secondary N) is 2. The number of aromatic nitrogens is 2. The number of carbonyl (C=O) groups is 3. The number of anilines is 2. The number of hydrogen-bond acceptors (Lipinski definition) is 6. The first kappa shape index (κ1) is 14.6. The van der Waals surface area contributed by atoms with Gasteiger partial charge in [-0.25, -0.2) is 14.8 Å². The van der Waals surface area contributed by atoms with Gasteiger partial charge in [0.2, 0.25) is 5.91 Å². The first-order valence-electron chi connectivity index (χ1n) is 5.69. The van der Waals surface area contributed by atoms with Crippen LogP contribution in [0.5, 0.6) is 0 Å². The molecule has 9 heteroatoms. The molecule has 2 amide bonds. The van der Waals surface area contributed by atoms with Crippen molar-refractivity contribution in [3.63, 3.8) is 0 Å². The summed E-state index contributed by atoms with van der Waals surface area (Å²) in [4.78, 5) is 41.2. The van der Waals surface area contributed by atoms with Crippen LogP contribution in [-0.2, 0) is 4.79 Å². The first-order valence-corrected chi connectivity index (χ1v) is 6.57. The number of hydrogen-bond donors (Lipinski definition) is 3. The highest BCUT2D eigenvalue weighted by atomic mass is 32.1. The van der Waals surface area contributed by atoms with E-state index in [1.165, 1.54) is 24.4 Å². The van der Waals surface area contributed by atoms with E-state index in [-0.39, 0.29) is 23.0 Å². The van der Waals surface area contributed by atoms with E-state index in [1.54, 1.807) is 0 Å². The standard InChI is InChI=1S/C12H10N4O4S/c1-6(17)14-12-15-8(5-21-12)10(18)16-9-3-2-7(4-13-9)11(19)20/h2-5H,1H3,(H,19,20)(H,13,16,18)(H,14,15,17). The van der Waals surface area contributed by atoms with Crippen molar-refractivity contribution in [2.75, 3.05) is 10.6 Å². The number of aromatic carboxylic acids is 1. The summed E-state index contributed by atoms with van der Waals surface area (Å²) in [5.41, 5.74) is 0.155. The Morgan fingerprint density at radius 3 is 2.57 bits per heavy atom. The molecule has 0 aliphatic heterocycles. The van der Waals surface area contributed by atoms with Crippen LogP contribution in [0.3, 0.4) is 0 Å². The molecule has 0 bridgehead atoms. The van der Waals surface area contributed by atoms with Gasteiger partial charge in [0.15, 0.2) is 5.13 Å². The van der Waals surface area contributed by atoms with Gasteiger partial charge in [-0.2, -0.15) is 0 Å². The van der Waals surface area contributed by atoms with Gasteiger partial charge in [-0.15, -0.1) is 11.3 Å². The quantitative estimate of drug-likeness (QED) is 0.786. The molecule has 8 nitrogen and oxygen atoms in total. The molecule has 2 aromatic rings. The molecule has 0 aliphatic carbocycles. The Morgan fingerprint density at radius 1 is 1.24 bits per heavy atom. The lowest BCUT2D eigenvalue weighted by Gasteiger charge is -2.02. The van der Waals surface area contributed by atoms with Crippen LogP contribution in [0.15, 0.2) is 23.7 Å². The van der Waals surface area contributed by atoms with E-state index >= 15 is 0 Å². The Morgan fingerprint density at radius 2 is 2.00 bits per heavy atom. The zero-order valence-corrected chi connectivity index (χ0v) is 11.6. The molecule has 0 aromatic carbocycles. The lowest BCUT2D eigenvalue weighted by Crippen LogP contribution is -2.14. The van der Waals surface area contributed by atoms with Crippen LogP contribution in [-0.4, -0.2) is 32.9 Å². The molecule has 0 saturated carbocycles. The van der Waals surface area contributed by atoms with Gasteiger partial charge in [-0.05, 0) is 12.1 Å². The summed E-state index contributed by atoms with van der Waals surface area (Å²) >= 11 is 1.12. The largest absolute Gasteiger partial charge is 0.478 e. The summed E-state index contributed by atoms with van der Waals surface area (Å²) in [6.45, 7) is 1.34. The molecule has 0 spiro atoms. The predicted molar refractivity (Wildman–Crippen MR) is 75.6 cm³/mol. The van der Waals surface area contributed by atoms with Crippen LogP contribution in [0.2, 0.25) is 0 Å². The molecule has 0 atom stereocenters. The highest BCUT2D eigenvalue weighted by Gasteiger charge is 2.12. The van der Waals surface area contributed by atoms with Gasteiger partial charge in [0.1, 0.15) is 11.5 Å². The van der Waals surface area contributed by atoms with E-state index in [0.29, 0.717) is 5.13 Å². The second-order valence-corrected chi connectivity index (χ2v) is 4.77. The summed E-state index contributed by atoms with van der Waals surface area (Å²) in [7, 11) is 0. The van der Waals surface area contributed by atoms with Crippen LogP contribution in [0.25, 0.3) is 0 Å². The number of thiazole rings is 1. The van der Waals surface area contributed by atoms with Crippen LogP contribution >= 0.6 is 11.3 Å². The topological polar surface area (TPSA) is 121 Å². The molecule has 3 N–H and O–H groups in total. The molecule has 2 rings (SSSR count). The molecule has 0 unspecified atom stereocenters. The molecular formula is C12H10N4O4S. The molecule has 0 radical (unpaired) electrons. The van der Waals surface area contributed by atoms with Crippen molar-refractivity contribution in [2.24, 2.45) is 0 Å². The van der Waals surface area contributed by atoms with Gasteiger partial charge in [0, 0.05) is 18.5 Å². The van der Waals surface area contributed by atoms with Crippen molar-refractivity contribution < 1.29 is 19.5 Å². The molecule has 21 heavy (non-hydrogen) atoms. The molecule has 0 aliphatic rings. The van der Waals surface area contributed by atoms with Crippen molar-refractivity contribution >= 4 is 40.1 Å². The minimum absolute atomic E-state index is 0.0228. The smallest absolute Gasteiger partial charge is 0.337 e. The fraction of sp³-hybridized carbons (Fsp3) is 0.0833. The van der Waals surface area contributed by atoms with Crippen LogP contribution in [0.1, 0.15) is 27.8 Å². The Labute approximate surface area is 122 Å². The lowest BCUT2D eigenvalue weighted by atomic mass is 10.3.